The van der Waals surface area contributed by atoms with E-state index in [4.69, 9.17) is 4.42 Å². The Bertz CT molecular complexity index is 3600. The van der Waals surface area contributed by atoms with Crippen molar-refractivity contribution in [3.8, 4) is 0 Å². The van der Waals surface area contributed by atoms with Crippen molar-refractivity contribution < 1.29 is 4.42 Å². The highest BCUT2D eigenvalue weighted by atomic mass is 16.3. The summed E-state index contributed by atoms with van der Waals surface area (Å²) in [6, 6.07) is 61.2. The fraction of sp³-hybridized carbons (Fsp3) is 0.342. The fourth-order valence-corrected chi connectivity index (χ4v) is 12.3. The van der Waals surface area contributed by atoms with Crippen molar-refractivity contribution in [3.05, 3.63) is 191 Å². The highest BCUT2D eigenvalue weighted by Gasteiger charge is 2.45. The molecule has 0 saturated carbocycles. The molecule has 0 spiro atoms. The molecule has 0 radical (unpaired) electrons. The van der Waals surface area contributed by atoms with Crippen molar-refractivity contribution in [2.24, 2.45) is 0 Å². The first kappa shape index (κ1) is 53.0. The van der Waals surface area contributed by atoms with Crippen LogP contribution in [0.5, 0.6) is 0 Å². The number of benzene rings is 8. The summed E-state index contributed by atoms with van der Waals surface area (Å²) in [5.41, 5.74) is 23.8. The number of anilines is 9. The molecule has 0 atom stereocenters. The molecule has 0 aliphatic carbocycles. The summed E-state index contributed by atoms with van der Waals surface area (Å²) >= 11 is 0. The zero-order chi connectivity index (χ0) is 55.4. The van der Waals surface area contributed by atoms with Gasteiger partial charge in [0.15, 0.2) is 5.58 Å². The van der Waals surface area contributed by atoms with Crippen molar-refractivity contribution in [2.45, 2.75) is 164 Å². The van der Waals surface area contributed by atoms with E-state index < -0.39 is 0 Å². The molecule has 2 aliphatic rings. The van der Waals surface area contributed by atoms with E-state index in [1.165, 1.54) is 72.5 Å². The first-order valence-electron chi connectivity index (χ1n) is 29.1. The first-order chi connectivity index (χ1) is 37.0. The van der Waals surface area contributed by atoms with Gasteiger partial charge in [0.2, 0.25) is 0 Å². The molecule has 5 heteroatoms. The minimum absolute atomic E-state index is 0.0246. The van der Waals surface area contributed by atoms with Gasteiger partial charge in [0.1, 0.15) is 5.58 Å². The second-order valence-corrected chi connectivity index (χ2v) is 26.4. The number of furan rings is 1. The fourth-order valence-electron chi connectivity index (χ4n) is 12.3. The predicted molar refractivity (Wildman–Crippen MR) is 339 cm³/mol. The van der Waals surface area contributed by atoms with Gasteiger partial charge in [-0.25, -0.2) is 0 Å². The van der Waals surface area contributed by atoms with Crippen LogP contribution in [0.25, 0.3) is 21.9 Å². The van der Waals surface area contributed by atoms with Gasteiger partial charge in [-0.2, -0.15) is 0 Å². The SMILES string of the molecule is CCC(C)(C)c1ccc(N2c3ccc(C(C)(C)CC)cc3B3c4cc(C(C)(C)CC)ccc4N(c4ccc(C(C)(C)CC)cc4)c4cc(N(c5ccccc5C)c5cccc6c5oc5c(C(C)(C)C)cccc56)cc2c43)cc1. The van der Waals surface area contributed by atoms with Crippen LogP contribution in [-0.2, 0) is 27.1 Å². The third-order valence-electron chi connectivity index (χ3n) is 19.1. The molecule has 4 nitrogen and oxygen atoms in total. The van der Waals surface area contributed by atoms with Crippen LogP contribution in [0.2, 0.25) is 0 Å². The lowest BCUT2D eigenvalue weighted by atomic mass is 9.33. The third kappa shape index (κ3) is 8.66. The van der Waals surface area contributed by atoms with E-state index in [0.717, 1.165) is 76.1 Å². The molecular weight excluding hydrogens is 946 g/mol. The molecule has 0 saturated heterocycles. The lowest BCUT2D eigenvalue weighted by Crippen LogP contribution is -2.61. The van der Waals surface area contributed by atoms with Crippen molar-refractivity contribution in [3.63, 3.8) is 0 Å². The van der Waals surface area contributed by atoms with Crippen LogP contribution in [0, 0.1) is 6.92 Å². The summed E-state index contributed by atoms with van der Waals surface area (Å²) in [6.45, 7) is 37.4. The van der Waals surface area contributed by atoms with Gasteiger partial charge < -0.3 is 19.1 Å². The van der Waals surface area contributed by atoms with E-state index in [0.29, 0.717) is 0 Å². The van der Waals surface area contributed by atoms with E-state index in [-0.39, 0.29) is 33.8 Å². The van der Waals surface area contributed by atoms with E-state index >= 15 is 0 Å². The topological polar surface area (TPSA) is 22.9 Å². The maximum atomic E-state index is 7.31. The molecule has 3 heterocycles. The molecule has 2 aliphatic heterocycles. The summed E-state index contributed by atoms with van der Waals surface area (Å²) in [6.07, 6.45) is 4.18. The molecular formula is C73H82BN3O. The minimum atomic E-state index is -0.116. The van der Waals surface area contributed by atoms with E-state index in [9.17, 15) is 0 Å². The molecule has 0 unspecified atom stereocenters. The average molecular weight is 1030 g/mol. The second kappa shape index (κ2) is 19.1. The molecule has 0 N–H and O–H groups in total. The van der Waals surface area contributed by atoms with E-state index in [1.54, 1.807) is 0 Å². The van der Waals surface area contributed by atoms with Crippen molar-refractivity contribution >= 4 is 96.2 Å². The number of para-hydroxylation sites is 3. The second-order valence-electron chi connectivity index (χ2n) is 26.4. The standard InChI is InChI=1S/C73H82BN3O/c1-17-70(9,10)48-31-37-52(38-32-48)75-61-41-35-50(72(13,14)19-3)43-58(61)74-59-44-51(73(15,16)20-4)36-42-62(59)76(53-39-33-49(34-40-53)71(11,12)18-2)65-46-54(45-64(75)66(65)74)77(60-29-22-21-25-47(60)5)63-30-24-27-56-55-26-23-28-57(69(6,7)8)67(55)78-68(56)63/h21-46H,17-20H2,1-16H3. The van der Waals surface area contributed by atoms with Gasteiger partial charge >= 0.3 is 0 Å². The number of hydrogen-bond donors (Lipinski definition) is 0. The Balaban J connectivity index is 1.29. The maximum absolute atomic E-state index is 7.31. The van der Waals surface area contributed by atoms with Crippen LogP contribution in [0.15, 0.2) is 162 Å². The summed E-state index contributed by atoms with van der Waals surface area (Å²) < 4.78 is 7.31. The van der Waals surface area contributed by atoms with E-state index in [2.05, 4.69) is 283 Å². The molecule has 0 fully saturated rings. The van der Waals surface area contributed by atoms with Gasteiger partial charge in [-0.05, 0) is 165 Å². The van der Waals surface area contributed by atoms with Gasteiger partial charge in [0.05, 0.1) is 11.4 Å². The molecule has 78 heavy (non-hydrogen) atoms. The molecule has 0 amide bonds. The van der Waals surface area contributed by atoms with Gasteiger partial charge in [0.25, 0.3) is 6.71 Å². The average Bonchev–Trinajstić information content (AvgIpc) is 3.24. The first-order valence-corrected chi connectivity index (χ1v) is 29.1. The monoisotopic (exact) mass is 1030 g/mol. The number of aryl methyl sites for hydroxylation is 1. The van der Waals surface area contributed by atoms with E-state index in [1.807, 2.05) is 0 Å². The third-order valence-corrected chi connectivity index (χ3v) is 19.1. The highest BCUT2D eigenvalue weighted by Crippen LogP contribution is 2.51. The Morgan fingerprint density at radius 2 is 0.846 bits per heavy atom. The largest absolute Gasteiger partial charge is 0.454 e. The van der Waals surface area contributed by atoms with Crippen LogP contribution in [-0.4, -0.2) is 6.71 Å². The van der Waals surface area contributed by atoms with Gasteiger partial charge in [-0.1, -0.05) is 201 Å². The zero-order valence-corrected chi connectivity index (χ0v) is 49.7. The lowest BCUT2D eigenvalue weighted by molar-refractivity contribution is 0.506. The van der Waals surface area contributed by atoms with Crippen LogP contribution in [0.3, 0.4) is 0 Å². The van der Waals surface area contributed by atoms with Crippen molar-refractivity contribution in [1.29, 1.82) is 0 Å². The number of hydrogen-bond acceptors (Lipinski definition) is 4. The quantitative estimate of drug-likeness (QED) is 0.107. The van der Waals surface area contributed by atoms with Gasteiger partial charge in [-0.15, -0.1) is 0 Å². The zero-order valence-electron chi connectivity index (χ0n) is 49.7. The van der Waals surface area contributed by atoms with Gasteiger partial charge in [-0.3, -0.25) is 0 Å². The molecule has 1 aromatic heterocycles. The van der Waals surface area contributed by atoms with Crippen molar-refractivity contribution in [2.75, 3.05) is 14.7 Å². The Morgan fingerprint density at radius 1 is 0.423 bits per heavy atom. The number of rotatable bonds is 13. The smallest absolute Gasteiger partial charge is 0.252 e. The van der Waals surface area contributed by atoms with Crippen LogP contribution in [0.4, 0.5) is 51.2 Å². The van der Waals surface area contributed by atoms with Crippen molar-refractivity contribution in [1.82, 2.24) is 0 Å². The Hall–Kier alpha value is -6.98. The summed E-state index contributed by atoms with van der Waals surface area (Å²) in [7, 11) is 0. The van der Waals surface area contributed by atoms with Crippen LogP contribution < -0.4 is 31.1 Å². The number of nitrogens with zero attached hydrogens (tertiary/aromatic N) is 3. The Labute approximate surface area is 467 Å². The summed E-state index contributed by atoms with van der Waals surface area (Å²) in [5, 5.41) is 2.25. The van der Waals surface area contributed by atoms with Crippen LogP contribution >= 0.6 is 0 Å². The lowest BCUT2D eigenvalue weighted by Gasteiger charge is -2.46. The summed E-state index contributed by atoms with van der Waals surface area (Å²) in [5.74, 6) is 0. The predicted octanol–water partition coefficient (Wildman–Crippen LogP) is 19.5. The Morgan fingerprint density at radius 3 is 1.31 bits per heavy atom. The number of fused-ring (bicyclic) bond motifs is 7. The van der Waals surface area contributed by atoms with Crippen LogP contribution in [0.1, 0.15) is 163 Å². The molecule has 11 rings (SSSR count). The maximum Gasteiger partial charge on any atom is 0.252 e. The van der Waals surface area contributed by atoms with Gasteiger partial charge in [0, 0.05) is 56.1 Å². The molecule has 8 aromatic carbocycles. The molecule has 398 valence electrons. The normalized spacial score (nSPS) is 13.8. The summed E-state index contributed by atoms with van der Waals surface area (Å²) in [4.78, 5) is 7.69. The molecule has 0 bridgehead atoms. The Kier molecular flexibility index (Phi) is 13.0. The molecule has 9 aromatic rings. The minimum Gasteiger partial charge on any atom is -0.454 e. The highest BCUT2D eigenvalue weighted by molar-refractivity contribution is 7.00.